The Morgan fingerprint density at radius 3 is 3.00 bits per heavy atom. The molecule has 1 aliphatic rings. The van der Waals surface area contributed by atoms with Crippen molar-refractivity contribution >= 4 is 0 Å². The molecule has 3 heteroatoms. The molecule has 0 aromatic carbocycles. The summed E-state index contributed by atoms with van der Waals surface area (Å²) in [5.74, 6) is 0.990. The van der Waals surface area contributed by atoms with Gasteiger partial charge in [0.2, 0.25) is 0 Å². The zero-order valence-electron chi connectivity index (χ0n) is 8.63. The molecule has 0 spiro atoms. The van der Waals surface area contributed by atoms with Crippen molar-refractivity contribution in [3.8, 4) is 0 Å². The minimum absolute atomic E-state index is 0.923. The van der Waals surface area contributed by atoms with Gasteiger partial charge in [-0.3, -0.25) is 5.10 Å². The quantitative estimate of drug-likeness (QED) is 0.703. The van der Waals surface area contributed by atoms with Gasteiger partial charge in [0.05, 0.1) is 0 Å². The summed E-state index contributed by atoms with van der Waals surface area (Å²) in [6.45, 7) is 2.07. The highest BCUT2D eigenvalue weighted by Crippen LogP contribution is 2.26. The summed E-state index contributed by atoms with van der Waals surface area (Å²) in [6.07, 6.45) is 8.94. The molecular formula is C11H19N3. The monoisotopic (exact) mass is 193 g/mol. The van der Waals surface area contributed by atoms with Crippen molar-refractivity contribution in [3.05, 3.63) is 18.0 Å². The van der Waals surface area contributed by atoms with E-state index in [9.17, 15) is 0 Å². The Bertz CT molecular complexity index is 237. The zero-order chi connectivity index (χ0) is 9.64. The van der Waals surface area contributed by atoms with Crippen LogP contribution in [-0.4, -0.2) is 16.7 Å². The average Bonchev–Trinajstić information content (AvgIpc) is 2.86. The zero-order valence-corrected chi connectivity index (χ0v) is 8.63. The summed E-state index contributed by atoms with van der Waals surface area (Å²) in [4.78, 5) is 0. The van der Waals surface area contributed by atoms with Crippen LogP contribution >= 0.6 is 0 Å². The molecule has 78 valence electrons. The van der Waals surface area contributed by atoms with E-state index in [4.69, 9.17) is 0 Å². The largest absolute Gasteiger partial charge is 0.311 e. The molecule has 3 nitrogen and oxygen atoms in total. The fourth-order valence-electron chi connectivity index (χ4n) is 2.21. The van der Waals surface area contributed by atoms with E-state index in [-0.39, 0.29) is 0 Å². The lowest BCUT2D eigenvalue weighted by Crippen LogP contribution is -2.17. The van der Waals surface area contributed by atoms with Gasteiger partial charge in [0.1, 0.15) is 0 Å². The third kappa shape index (κ3) is 2.84. The summed E-state index contributed by atoms with van der Waals surface area (Å²) in [7, 11) is 0. The van der Waals surface area contributed by atoms with Crippen molar-refractivity contribution in [1.82, 2.24) is 15.5 Å². The Morgan fingerprint density at radius 2 is 2.29 bits per heavy atom. The fraction of sp³-hybridized carbons (Fsp3) is 0.727. The number of aromatic amines is 1. The van der Waals surface area contributed by atoms with Gasteiger partial charge < -0.3 is 5.32 Å². The lowest BCUT2D eigenvalue weighted by Gasteiger charge is -2.08. The first-order chi connectivity index (χ1) is 6.95. The molecule has 1 heterocycles. The van der Waals surface area contributed by atoms with Crippen molar-refractivity contribution in [2.24, 2.45) is 5.92 Å². The highest BCUT2D eigenvalue weighted by Gasteiger charge is 2.13. The van der Waals surface area contributed by atoms with Crippen molar-refractivity contribution < 1.29 is 0 Å². The number of hydrogen-bond donors (Lipinski definition) is 2. The topological polar surface area (TPSA) is 40.7 Å². The lowest BCUT2D eigenvalue weighted by molar-refractivity contribution is 0.476. The third-order valence-electron chi connectivity index (χ3n) is 3.08. The molecule has 1 aromatic rings. The molecule has 14 heavy (non-hydrogen) atoms. The van der Waals surface area contributed by atoms with Gasteiger partial charge in [-0.1, -0.05) is 25.7 Å². The van der Waals surface area contributed by atoms with Crippen LogP contribution < -0.4 is 5.32 Å². The number of nitrogens with one attached hydrogen (secondary N) is 2. The van der Waals surface area contributed by atoms with Gasteiger partial charge in [-0.2, -0.15) is 5.10 Å². The third-order valence-corrected chi connectivity index (χ3v) is 3.08. The molecule has 1 aromatic heterocycles. The molecule has 0 atom stereocenters. The van der Waals surface area contributed by atoms with Crippen molar-refractivity contribution in [2.45, 2.75) is 38.6 Å². The molecular weight excluding hydrogens is 174 g/mol. The van der Waals surface area contributed by atoms with Crippen LogP contribution in [0.1, 0.15) is 37.8 Å². The first kappa shape index (κ1) is 9.71. The second-order valence-corrected chi connectivity index (χ2v) is 4.20. The predicted octanol–water partition coefficient (Wildman–Crippen LogP) is 2.08. The number of H-pyrrole nitrogens is 1. The second kappa shape index (κ2) is 5.15. The lowest BCUT2D eigenvalue weighted by atomic mass is 10.0. The minimum Gasteiger partial charge on any atom is -0.311 e. The summed E-state index contributed by atoms with van der Waals surface area (Å²) < 4.78 is 0. The molecule has 0 bridgehead atoms. The van der Waals surface area contributed by atoms with Gasteiger partial charge in [-0.25, -0.2) is 0 Å². The second-order valence-electron chi connectivity index (χ2n) is 4.20. The van der Waals surface area contributed by atoms with Crippen LogP contribution in [0.4, 0.5) is 0 Å². The summed E-state index contributed by atoms with van der Waals surface area (Å²) in [5.41, 5.74) is 1.18. The van der Waals surface area contributed by atoms with Crippen LogP contribution in [0.3, 0.4) is 0 Å². The Balaban J connectivity index is 1.55. The normalized spacial score (nSPS) is 17.7. The number of aromatic nitrogens is 2. The summed E-state index contributed by atoms with van der Waals surface area (Å²) >= 11 is 0. The number of rotatable bonds is 5. The van der Waals surface area contributed by atoms with Crippen LogP contribution in [0.5, 0.6) is 0 Å². The van der Waals surface area contributed by atoms with Gasteiger partial charge in [-0.05, 0) is 24.9 Å². The first-order valence-electron chi connectivity index (χ1n) is 5.64. The van der Waals surface area contributed by atoms with E-state index in [0.717, 1.165) is 19.0 Å². The molecule has 1 aliphatic carbocycles. The Kier molecular flexibility index (Phi) is 3.57. The molecule has 1 fully saturated rings. The van der Waals surface area contributed by atoms with Crippen LogP contribution in [-0.2, 0) is 6.54 Å². The number of hydrogen-bond acceptors (Lipinski definition) is 2. The van der Waals surface area contributed by atoms with E-state index in [2.05, 4.69) is 15.5 Å². The van der Waals surface area contributed by atoms with Gasteiger partial charge in [-0.15, -0.1) is 0 Å². The molecule has 0 radical (unpaired) electrons. The maximum atomic E-state index is 3.91. The van der Waals surface area contributed by atoms with E-state index >= 15 is 0 Å². The van der Waals surface area contributed by atoms with E-state index in [1.165, 1.54) is 37.8 Å². The smallest absolute Gasteiger partial charge is 0.0490 e. The fourth-order valence-corrected chi connectivity index (χ4v) is 2.21. The molecule has 1 saturated carbocycles. The predicted molar refractivity (Wildman–Crippen MR) is 56.9 cm³/mol. The van der Waals surface area contributed by atoms with Gasteiger partial charge >= 0.3 is 0 Å². The van der Waals surface area contributed by atoms with Crippen LogP contribution in [0, 0.1) is 5.92 Å². The highest BCUT2D eigenvalue weighted by atomic mass is 15.1. The van der Waals surface area contributed by atoms with E-state index < -0.39 is 0 Å². The van der Waals surface area contributed by atoms with Gasteiger partial charge in [0, 0.05) is 18.4 Å². The Morgan fingerprint density at radius 1 is 1.43 bits per heavy atom. The minimum atomic E-state index is 0.923. The number of nitrogens with zero attached hydrogens (tertiary/aromatic N) is 1. The highest BCUT2D eigenvalue weighted by molar-refractivity contribution is 4.96. The van der Waals surface area contributed by atoms with Crippen molar-refractivity contribution in [2.75, 3.05) is 6.54 Å². The molecule has 0 amide bonds. The molecule has 2 N–H and O–H groups in total. The molecule has 0 unspecified atom stereocenters. The van der Waals surface area contributed by atoms with Crippen LogP contribution in [0.25, 0.3) is 0 Å². The van der Waals surface area contributed by atoms with Crippen LogP contribution in [0.15, 0.2) is 12.3 Å². The van der Waals surface area contributed by atoms with Crippen molar-refractivity contribution in [3.63, 3.8) is 0 Å². The van der Waals surface area contributed by atoms with E-state index in [0.29, 0.717) is 0 Å². The summed E-state index contributed by atoms with van der Waals surface area (Å²) in [5, 5.41) is 10.3. The molecule has 0 aliphatic heterocycles. The SMILES string of the molecule is c1cc(CNCCC2CCCC2)[nH]n1. The molecule has 2 rings (SSSR count). The standard InChI is InChI=1S/C11H19N3/c1-2-4-10(3-1)5-7-12-9-11-6-8-13-14-11/h6,8,10,12H,1-5,7,9H2,(H,13,14). The van der Waals surface area contributed by atoms with Crippen molar-refractivity contribution in [1.29, 1.82) is 0 Å². The molecule has 0 saturated heterocycles. The van der Waals surface area contributed by atoms with Crippen LogP contribution in [0.2, 0.25) is 0 Å². The Labute approximate surface area is 85.3 Å². The first-order valence-corrected chi connectivity index (χ1v) is 5.64. The maximum Gasteiger partial charge on any atom is 0.0490 e. The maximum absolute atomic E-state index is 3.91. The van der Waals surface area contributed by atoms with E-state index in [1.807, 2.05) is 6.07 Å². The Hall–Kier alpha value is -0.830. The van der Waals surface area contributed by atoms with Gasteiger partial charge in [0.15, 0.2) is 0 Å². The van der Waals surface area contributed by atoms with E-state index in [1.54, 1.807) is 6.20 Å². The van der Waals surface area contributed by atoms with Gasteiger partial charge in [0.25, 0.3) is 0 Å². The summed E-state index contributed by atoms with van der Waals surface area (Å²) in [6, 6.07) is 2.02. The average molecular weight is 193 g/mol.